The summed E-state index contributed by atoms with van der Waals surface area (Å²) >= 11 is 0. The molecule has 2 heterocycles. The minimum atomic E-state index is -0.0587. The smallest absolute Gasteiger partial charge is 0.246 e. The summed E-state index contributed by atoms with van der Waals surface area (Å²) in [6.07, 6.45) is 6.36. The SMILES string of the molecule is COC1CCN([C@H]2CCC[C@H]2NC(=O)COCc2nncn2C)C1. The number of nitrogens with zero attached hydrogens (tertiary/aromatic N) is 4. The molecule has 0 bridgehead atoms. The third-order valence-corrected chi connectivity index (χ3v) is 5.07. The number of carbonyl (C=O) groups excluding carboxylic acids is 1. The highest BCUT2D eigenvalue weighted by Crippen LogP contribution is 2.27. The van der Waals surface area contributed by atoms with E-state index in [2.05, 4.69) is 20.4 Å². The third-order valence-electron chi connectivity index (χ3n) is 5.07. The van der Waals surface area contributed by atoms with E-state index in [9.17, 15) is 4.79 Å². The van der Waals surface area contributed by atoms with Crippen LogP contribution < -0.4 is 5.32 Å². The lowest BCUT2D eigenvalue weighted by molar-refractivity contribution is -0.127. The molecule has 1 saturated heterocycles. The van der Waals surface area contributed by atoms with Crippen LogP contribution >= 0.6 is 0 Å². The molecular formula is C16H27N5O3. The van der Waals surface area contributed by atoms with Gasteiger partial charge in [0, 0.05) is 39.3 Å². The number of nitrogens with one attached hydrogen (secondary N) is 1. The van der Waals surface area contributed by atoms with Crippen LogP contribution in [0.3, 0.4) is 0 Å². The Labute approximate surface area is 142 Å². The van der Waals surface area contributed by atoms with E-state index in [4.69, 9.17) is 9.47 Å². The topological polar surface area (TPSA) is 81.5 Å². The van der Waals surface area contributed by atoms with Crippen molar-refractivity contribution < 1.29 is 14.3 Å². The van der Waals surface area contributed by atoms with Gasteiger partial charge in [-0.05, 0) is 25.7 Å². The first-order valence-electron chi connectivity index (χ1n) is 8.64. The largest absolute Gasteiger partial charge is 0.380 e. The van der Waals surface area contributed by atoms with Crippen molar-refractivity contribution in [1.29, 1.82) is 0 Å². The lowest BCUT2D eigenvalue weighted by atomic mass is 10.1. The van der Waals surface area contributed by atoms with Gasteiger partial charge in [-0.15, -0.1) is 10.2 Å². The first-order chi connectivity index (χ1) is 11.7. The molecule has 8 heteroatoms. The van der Waals surface area contributed by atoms with E-state index in [1.165, 1.54) is 0 Å². The van der Waals surface area contributed by atoms with Gasteiger partial charge in [0.05, 0.1) is 6.10 Å². The van der Waals surface area contributed by atoms with Gasteiger partial charge in [0.25, 0.3) is 0 Å². The van der Waals surface area contributed by atoms with E-state index in [1.54, 1.807) is 18.0 Å². The lowest BCUT2D eigenvalue weighted by Crippen LogP contribution is -2.49. The van der Waals surface area contributed by atoms with Gasteiger partial charge in [-0.2, -0.15) is 0 Å². The molecule has 1 aliphatic carbocycles. The highest BCUT2D eigenvalue weighted by Gasteiger charge is 2.36. The fraction of sp³-hybridized carbons (Fsp3) is 0.812. The van der Waals surface area contributed by atoms with Crippen LogP contribution in [0, 0.1) is 0 Å². The van der Waals surface area contributed by atoms with Crippen molar-refractivity contribution in [3.63, 3.8) is 0 Å². The predicted molar refractivity (Wildman–Crippen MR) is 87.2 cm³/mol. The lowest BCUT2D eigenvalue weighted by Gasteiger charge is -2.30. The van der Waals surface area contributed by atoms with Crippen LogP contribution in [0.4, 0.5) is 0 Å². The molecule has 0 radical (unpaired) electrons. The highest BCUT2D eigenvalue weighted by molar-refractivity contribution is 5.77. The Kier molecular flexibility index (Phi) is 5.80. The second-order valence-electron chi connectivity index (χ2n) is 6.66. The number of carbonyl (C=O) groups is 1. The molecule has 1 amide bonds. The fourth-order valence-electron chi connectivity index (χ4n) is 3.71. The van der Waals surface area contributed by atoms with Crippen LogP contribution in [0.5, 0.6) is 0 Å². The molecule has 24 heavy (non-hydrogen) atoms. The van der Waals surface area contributed by atoms with Crippen molar-refractivity contribution in [2.75, 3.05) is 26.8 Å². The Morgan fingerprint density at radius 1 is 1.42 bits per heavy atom. The summed E-state index contributed by atoms with van der Waals surface area (Å²) in [5.74, 6) is 0.653. The molecule has 8 nitrogen and oxygen atoms in total. The molecule has 1 N–H and O–H groups in total. The summed E-state index contributed by atoms with van der Waals surface area (Å²) in [5.41, 5.74) is 0. The van der Waals surface area contributed by atoms with E-state index in [-0.39, 0.29) is 18.6 Å². The molecule has 0 spiro atoms. The van der Waals surface area contributed by atoms with Crippen molar-refractivity contribution in [2.24, 2.45) is 7.05 Å². The van der Waals surface area contributed by atoms with Crippen LogP contribution in [0.15, 0.2) is 6.33 Å². The molecule has 2 aliphatic rings. The number of likely N-dealkylation sites (tertiary alicyclic amines) is 1. The third kappa shape index (κ3) is 4.12. The maximum atomic E-state index is 12.2. The van der Waals surface area contributed by atoms with Crippen molar-refractivity contribution in [1.82, 2.24) is 25.0 Å². The molecule has 2 fully saturated rings. The van der Waals surface area contributed by atoms with E-state index in [0.29, 0.717) is 24.6 Å². The summed E-state index contributed by atoms with van der Waals surface area (Å²) in [4.78, 5) is 14.6. The maximum absolute atomic E-state index is 12.2. The number of methoxy groups -OCH3 is 1. The minimum Gasteiger partial charge on any atom is -0.380 e. The second-order valence-corrected chi connectivity index (χ2v) is 6.66. The summed E-state index contributed by atoms with van der Waals surface area (Å²) in [5, 5.41) is 10.9. The Morgan fingerprint density at radius 2 is 2.29 bits per heavy atom. The predicted octanol–water partition coefficient (Wildman–Crippen LogP) is 0.0897. The Morgan fingerprint density at radius 3 is 3.00 bits per heavy atom. The quantitative estimate of drug-likeness (QED) is 0.759. The number of rotatable bonds is 7. The number of hydrogen-bond acceptors (Lipinski definition) is 6. The molecule has 1 unspecified atom stereocenters. The van der Waals surface area contributed by atoms with Crippen LogP contribution in [-0.4, -0.2) is 70.6 Å². The van der Waals surface area contributed by atoms with Gasteiger partial charge in [0.15, 0.2) is 5.82 Å². The Hall–Kier alpha value is -1.51. The average molecular weight is 337 g/mol. The van der Waals surface area contributed by atoms with E-state index in [1.807, 2.05) is 7.05 Å². The molecule has 0 aromatic carbocycles. The standard InChI is InChI=1S/C16H27N5O3/c1-20-11-17-19-15(20)9-24-10-16(22)18-13-4-3-5-14(13)21-7-6-12(8-21)23-2/h11-14H,3-10H2,1-2H3,(H,18,22)/t12?,13-,14+/m1/s1. The second kappa shape index (κ2) is 8.04. The van der Waals surface area contributed by atoms with Gasteiger partial charge in [-0.3, -0.25) is 9.69 Å². The van der Waals surface area contributed by atoms with Crippen molar-refractivity contribution in [3.05, 3.63) is 12.2 Å². The van der Waals surface area contributed by atoms with Crippen molar-refractivity contribution >= 4 is 5.91 Å². The fourth-order valence-corrected chi connectivity index (χ4v) is 3.71. The van der Waals surface area contributed by atoms with Crippen LogP contribution in [0.2, 0.25) is 0 Å². The molecule has 3 rings (SSSR count). The Bertz CT molecular complexity index is 550. The minimum absolute atomic E-state index is 0.0524. The first-order valence-corrected chi connectivity index (χ1v) is 8.64. The summed E-state index contributed by atoms with van der Waals surface area (Å²) in [7, 11) is 3.63. The normalized spacial score (nSPS) is 27.7. The number of aryl methyl sites for hydroxylation is 1. The number of ether oxygens (including phenoxy) is 2. The van der Waals surface area contributed by atoms with E-state index < -0.39 is 0 Å². The average Bonchev–Trinajstić information content (AvgIpc) is 3.28. The Balaban J connectivity index is 1.42. The van der Waals surface area contributed by atoms with Gasteiger partial charge < -0.3 is 19.4 Å². The molecule has 1 aromatic rings. The number of amides is 1. The molecule has 1 aliphatic heterocycles. The number of hydrogen-bond donors (Lipinski definition) is 1. The van der Waals surface area contributed by atoms with Gasteiger partial charge in [0.1, 0.15) is 19.5 Å². The van der Waals surface area contributed by atoms with Gasteiger partial charge in [-0.25, -0.2) is 0 Å². The maximum Gasteiger partial charge on any atom is 0.246 e. The van der Waals surface area contributed by atoms with E-state index in [0.717, 1.165) is 38.8 Å². The van der Waals surface area contributed by atoms with E-state index >= 15 is 0 Å². The molecule has 1 saturated carbocycles. The molecular weight excluding hydrogens is 310 g/mol. The van der Waals surface area contributed by atoms with Crippen LogP contribution in [-0.2, 0) is 27.9 Å². The number of aromatic nitrogens is 3. The van der Waals surface area contributed by atoms with Crippen molar-refractivity contribution in [3.8, 4) is 0 Å². The monoisotopic (exact) mass is 337 g/mol. The van der Waals surface area contributed by atoms with Gasteiger partial charge in [0.2, 0.25) is 5.91 Å². The van der Waals surface area contributed by atoms with Gasteiger partial charge >= 0.3 is 0 Å². The van der Waals surface area contributed by atoms with Crippen LogP contribution in [0.1, 0.15) is 31.5 Å². The van der Waals surface area contributed by atoms with Gasteiger partial charge in [-0.1, -0.05) is 0 Å². The summed E-state index contributed by atoms with van der Waals surface area (Å²) in [6.45, 7) is 2.37. The highest BCUT2D eigenvalue weighted by atomic mass is 16.5. The molecule has 1 aromatic heterocycles. The molecule has 134 valence electrons. The summed E-state index contributed by atoms with van der Waals surface area (Å²) in [6, 6.07) is 0.638. The molecule has 3 atom stereocenters. The zero-order chi connectivity index (χ0) is 16.9. The van der Waals surface area contributed by atoms with Crippen molar-refractivity contribution in [2.45, 2.75) is 50.5 Å². The first kappa shape index (κ1) is 17.3. The van der Waals surface area contributed by atoms with Crippen LogP contribution in [0.25, 0.3) is 0 Å². The summed E-state index contributed by atoms with van der Waals surface area (Å²) < 4.78 is 12.7. The zero-order valence-corrected chi connectivity index (χ0v) is 14.5. The zero-order valence-electron chi connectivity index (χ0n) is 14.5.